The first kappa shape index (κ1) is 47.8. The molecule has 2 aliphatic rings. The van der Waals surface area contributed by atoms with Gasteiger partial charge in [0.2, 0.25) is 29.5 Å². The van der Waals surface area contributed by atoms with E-state index >= 15 is 0 Å². The average Bonchev–Trinajstić information content (AvgIpc) is 3.69. The first-order valence-electron chi connectivity index (χ1n) is 20.9. The highest BCUT2D eigenvalue weighted by atomic mass is 16.5. The van der Waals surface area contributed by atoms with Crippen molar-refractivity contribution in [3.05, 3.63) is 35.9 Å². The summed E-state index contributed by atoms with van der Waals surface area (Å²) in [5.74, 6) is -1.98. The van der Waals surface area contributed by atoms with E-state index in [0.29, 0.717) is 45.7 Å². The van der Waals surface area contributed by atoms with Crippen molar-refractivity contribution in [2.75, 3.05) is 61.2 Å². The van der Waals surface area contributed by atoms with Crippen molar-refractivity contribution in [2.45, 2.75) is 123 Å². The lowest BCUT2D eigenvalue weighted by molar-refractivity contribution is -0.148. The van der Waals surface area contributed by atoms with Crippen molar-refractivity contribution in [1.82, 2.24) is 30.7 Å². The topological polar surface area (TPSA) is 159 Å². The third kappa shape index (κ3) is 12.7. The van der Waals surface area contributed by atoms with Crippen LogP contribution < -0.4 is 16.0 Å². The number of rotatable bonds is 21. The number of nitrogens with zero attached hydrogens (tertiary/aromatic N) is 3. The number of ether oxygens (including phenoxy) is 3. The summed E-state index contributed by atoms with van der Waals surface area (Å²) < 4.78 is 17.5. The van der Waals surface area contributed by atoms with Gasteiger partial charge in [-0.25, -0.2) is 0 Å². The van der Waals surface area contributed by atoms with Gasteiger partial charge in [-0.05, 0) is 43.2 Å². The van der Waals surface area contributed by atoms with Crippen LogP contribution in [0.1, 0.15) is 79.7 Å². The Balaban J connectivity index is 1.79. The molecule has 14 heteroatoms. The molecule has 0 unspecified atom stereocenters. The molecular weight excluding hydrogens is 729 g/mol. The number of likely N-dealkylation sites (N-methyl/N-ethyl adjacent to an activating group) is 2. The van der Waals surface area contributed by atoms with Gasteiger partial charge in [0.1, 0.15) is 12.1 Å². The number of amides is 5. The predicted molar refractivity (Wildman–Crippen MR) is 220 cm³/mol. The molecule has 2 aliphatic heterocycles. The van der Waals surface area contributed by atoms with Gasteiger partial charge in [-0.15, -0.1) is 0 Å². The van der Waals surface area contributed by atoms with Gasteiger partial charge in [-0.2, -0.15) is 0 Å². The van der Waals surface area contributed by atoms with Crippen LogP contribution in [-0.2, 0) is 44.6 Å². The van der Waals surface area contributed by atoms with Crippen LogP contribution in [0.5, 0.6) is 0 Å². The third-order valence-corrected chi connectivity index (χ3v) is 12.0. The van der Waals surface area contributed by atoms with E-state index in [0.717, 1.165) is 18.4 Å². The Morgan fingerprint density at radius 1 is 0.877 bits per heavy atom. The van der Waals surface area contributed by atoms with Crippen LogP contribution in [0.15, 0.2) is 30.3 Å². The Hall–Kier alpha value is -3.59. The molecule has 5 amide bonds. The fourth-order valence-electron chi connectivity index (χ4n) is 8.41. The molecule has 3 N–H and O–H groups in total. The summed E-state index contributed by atoms with van der Waals surface area (Å²) in [4.78, 5) is 74.7. The maximum absolute atomic E-state index is 14.3. The molecule has 0 radical (unpaired) electrons. The molecule has 57 heavy (non-hydrogen) atoms. The molecule has 3 rings (SSSR count). The van der Waals surface area contributed by atoms with Crippen molar-refractivity contribution in [1.29, 1.82) is 0 Å². The summed E-state index contributed by atoms with van der Waals surface area (Å²) >= 11 is 0. The Labute approximate surface area is 341 Å². The van der Waals surface area contributed by atoms with Gasteiger partial charge in [-0.1, -0.05) is 85.2 Å². The predicted octanol–water partition coefficient (Wildman–Crippen LogP) is 2.88. The third-order valence-electron chi connectivity index (χ3n) is 12.0. The van der Waals surface area contributed by atoms with Crippen LogP contribution in [-0.4, -0.2) is 148 Å². The molecule has 2 fully saturated rings. The first-order valence-corrected chi connectivity index (χ1v) is 20.9. The fourth-order valence-corrected chi connectivity index (χ4v) is 8.41. The second kappa shape index (κ2) is 23.1. The minimum Gasteiger partial charge on any atom is -0.379 e. The van der Waals surface area contributed by atoms with E-state index in [1.165, 1.54) is 0 Å². The quantitative estimate of drug-likeness (QED) is 0.170. The Bertz CT molecular complexity index is 1440. The highest BCUT2D eigenvalue weighted by Gasteiger charge is 2.43. The largest absolute Gasteiger partial charge is 0.379 e. The maximum Gasteiger partial charge on any atom is 0.245 e. The van der Waals surface area contributed by atoms with E-state index in [4.69, 9.17) is 14.2 Å². The van der Waals surface area contributed by atoms with Crippen LogP contribution in [0, 0.1) is 23.7 Å². The van der Waals surface area contributed by atoms with E-state index < -0.39 is 42.3 Å². The molecule has 0 aliphatic carbocycles. The highest BCUT2D eigenvalue weighted by Crippen LogP contribution is 2.30. The number of carbonyl (C=O) groups is 5. The Morgan fingerprint density at radius 2 is 1.51 bits per heavy atom. The summed E-state index contributed by atoms with van der Waals surface area (Å²) in [6.07, 6.45) is 1.19. The molecule has 1 aromatic rings. The van der Waals surface area contributed by atoms with Crippen molar-refractivity contribution in [3.63, 3.8) is 0 Å². The average molecular weight is 801 g/mol. The molecule has 0 saturated carbocycles. The zero-order valence-electron chi connectivity index (χ0n) is 36.4. The van der Waals surface area contributed by atoms with Crippen molar-refractivity contribution in [3.8, 4) is 0 Å². The summed E-state index contributed by atoms with van der Waals surface area (Å²) in [6, 6.07) is 6.77. The lowest BCUT2D eigenvalue weighted by Crippen LogP contribution is -2.59. The van der Waals surface area contributed by atoms with Gasteiger partial charge in [0.25, 0.3) is 0 Å². The van der Waals surface area contributed by atoms with Crippen LogP contribution in [0.4, 0.5) is 0 Å². The molecule has 322 valence electrons. The number of carbonyl (C=O) groups excluding carboxylic acids is 5. The molecule has 0 spiro atoms. The zero-order chi connectivity index (χ0) is 42.4. The fraction of sp³-hybridized carbons (Fsp3) is 0.744. The number of morpholine rings is 1. The van der Waals surface area contributed by atoms with E-state index in [9.17, 15) is 24.0 Å². The molecule has 14 nitrogen and oxygen atoms in total. The standard InChI is InChI=1S/C43H72N6O8/c1-12-29(6)38(47(9)43(54)37(28(4)5)46-41(52)36(44-8)27(2)3)34(55-10)26-35(50)49-20-16-19-33(49)39(56-11)30(7)40(51)45-32(25-31-17-14-13-15-18-31)42(53)48-21-23-57-24-22-48/h13-15,17-18,27-30,32-34,36-39,44H,12,16,19-26H2,1-11H3,(H,45,51)(H,46,52)/t29-,30+,32-,33-,34+,36-,37-,38-,39+/m0/s1. The lowest BCUT2D eigenvalue weighted by atomic mass is 9.89. The molecular formula is C43H72N6O8. The second-order valence-corrected chi connectivity index (χ2v) is 16.5. The van der Waals surface area contributed by atoms with Gasteiger partial charge in [0, 0.05) is 47.3 Å². The number of methoxy groups -OCH3 is 2. The summed E-state index contributed by atoms with van der Waals surface area (Å²) in [5.41, 5.74) is 0.932. The zero-order valence-corrected chi connectivity index (χ0v) is 36.4. The van der Waals surface area contributed by atoms with E-state index in [1.54, 1.807) is 49.9 Å². The smallest absolute Gasteiger partial charge is 0.245 e. The molecule has 9 atom stereocenters. The summed E-state index contributed by atoms with van der Waals surface area (Å²) in [7, 11) is 6.57. The number of hydrogen-bond donors (Lipinski definition) is 3. The van der Waals surface area contributed by atoms with E-state index in [-0.39, 0.29) is 59.8 Å². The maximum atomic E-state index is 14.3. The van der Waals surface area contributed by atoms with Gasteiger partial charge in [0.15, 0.2) is 0 Å². The molecule has 0 aromatic heterocycles. The van der Waals surface area contributed by atoms with Crippen molar-refractivity contribution < 1.29 is 38.2 Å². The van der Waals surface area contributed by atoms with E-state index in [1.807, 2.05) is 71.9 Å². The summed E-state index contributed by atoms with van der Waals surface area (Å²) in [6.45, 7) is 15.9. The minimum absolute atomic E-state index is 0.0116. The lowest BCUT2D eigenvalue weighted by Gasteiger charge is -2.41. The van der Waals surface area contributed by atoms with Gasteiger partial charge < -0.3 is 44.9 Å². The SMILES string of the molecule is CC[C@H](C)[C@@H]([C@@H](CC(=O)N1CCC[C@H]1[C@H](OC)[C@@H](C)C(=O)N[C@@H](Cc1ccccc1)C(=O)N1CCOCC1)OC)N(C)C(=O)[C@@H](NC(=O)[C@@H](NC)C(C)C)C(C)C. The summed E-state index contributed by atoms with van der Waals surface area (Å²) in [5, 5.41) is 9.09. The molecule has 2 heterocycles. The van der Waals surface area contributed by atoms with Crippen molar-refractivity contribution >= 4 is 29.5 Å². The number of benzene rings is 1. The van der Waals surface area contributed by atoms with E-state index in [2.05, 4.69) is 16.0 Å². The number of likely N-dealkylation sites (tertiary alicyclic amines) is 1. The van der Waals surface area contributed by atoms with Crippen LogP contribution >= 0.6 is 0 Å². The van der Waals surface area contributed by atoms with Gasteiger partial charge in [0.05, 0.1) is 55.9 Å². The normalized spacial score (nSPS) is 20.3. The Morgan fingerprint density at radius 3 is 2.05 bits per heavy atom. The molecule has 0 bridgehead atoms. The first-order chi connectivity index (χ1) is 27.1. The minimum atomic E-state index is -0.775. The van der Waals surface area contributed by atoms with Crippen LogP contribution in [0.3, 0.4) is 0 Å². The number of nitrogens with one attached hydrogen (secondary N) is 3. The van der Waals surface area contributed by atoms with Crippen LogP contribution in [0.25, 0.3) is 0 Å². The van der Waals surface area contributed by atoms with Crippen LogP contribution in [0.2, 0.25) is 0 Å². The van der Waals surface area contributed by atoms with Gasteiger partial charge >= 0.3 is 0 Å². The monoisotopic (exact) mass is 801 g/mol. The molecule has 2 saturated heterocycles. The Kier molecular flexibility index (Phi) is 19.4. The highest BCUT2D eigenvalue weighted by molar-refractivity contribution is 5.91. The molecule has 1 aromatic carbocycles. The second-order valence-electron chi connectivity index (χ2n) is 16.5. The van der Waals surface area contributed by atoms with Crippen molar-refractivity contribution in [2.24, 2.45) is 23.7 Å². The van der Waals surface area contributed by atoms with Gasteiger partial charge in [-0.3, -0.25) is 24.0 Å². The number of hydrogen-bond acceptors (Lipinski definition) is 9.